The quantitative estimate of drug-likeness (QED) is 0.836. The van der Waals surface area contributed by atoms with Crippen molar-refractivity contribution >= 4 is 33.3 Å². The van der Waals surface area contributed by atoms with Gasteiger partial charge in [-0.2, -0.15) is 11.8 Å². The third-order valence-corrected chi connectivity index (χ3v) is 5.57. The Hall–Kier alpha value is -0.810. The summed E-state index contributed by atoms with van der Waals surface area (Å²) in [4.78, 5) is 16.7. The largest absolute Gasteiger partial charge is 0.269 e. The zero-order chi connectivity index (χ0) is 13.9. The second-order valence-electron chi connectivity index (χ2n) is 5.23. The van der Waals surface area contributed by atoms with Crippen LogP contribution in [-0.2, 0) is 5.75 Å². The standard InChI is InChI=1S/C15H17BrN2OS/c16-11-6-7-14-17-12(8-15(19)18(14)9-11)10-20-13-4-2-1-3-5-13/h6-9,13H,1-5,10H2. The lowest BCUT2D eigenvalue weighted by molar-refractivity contribution is 0.516. The summed E-state index contributed by atoms with van der Waals surface area (Å²) in [5, 5.41) is 0.744. The number of hydrogen-bond donors (Lipinski definition) is 0. The van der Waals surface area contributed by atoms with E-state index < -0.39 is 0 Å². The van der Waals surface area contributed by atoms with Gasteiger partial charge in [0.2, 0.25) is 0 Å². The summed E-state index contributed by atoms with van der Waals surface area (Å²) in [6, 6.07) is 5.45. The van der Waals surface area contributed by atoms with E-state index in [4.69, 9.17) is 0 Å². The fourth-order valence-electron chi connectivity index (χ4n) is 2.64. The van der Waals surface area contributed by atoms with Crippen LogP contribution in [0.1, 0.15) is 37.8 Å². The third kappa shape index (κ3) is 3.26. The van der Waals surface area contributed by atoms with Gasteiger partial charge in [-0.3, -0.25) is 9.20 Å². The molecule has 1 fully saturated rings. The van der Waals surface area contributed by atoms with Crippen molar-refractivity contribution in [1.82, 2.24) is 9.38 Å². The molecule has 0 spiro atoms. The van der Waals surface area contributed by atoms with Gasteiger partial charge in [-0.15, -0.1) is 0 Å². The average Bonchev–Trinajstić information content (AvgIpc) is 2.47. The first-order valence-electron chi connectivity index (χ1n) is 7.02. The highest BCUT2D eigenvalue weighted by Crippen LogP contribution is 2.29. The molecule has 106 valence electrons. The molecule has 0 amide bonds. The lowest BCUT2D eigenvalue weighted by atomic mass is 10.0. The molecule has 1 aliphatic carbocycles. The molecule has 2 heterocycles. The van der Waals surface area contributed by atoms with Gasteiger partial charge in [-0.05, 0) is 40.9 Å². The van der Waals surface area contributed by atoms with E-state index in [1.165, 1.54) is 32.1 Å². The van der Waals surface area contributed by atoms with Crippen LogP contribution in [0.2, 0.25) is 0 Å². The van der Waals surface area contributed by atoms with E-state index in [1.807, 2.05) is 23.9 Å². The minimum Gasteiger partial charge on any atom is -0.269 e. The Morgan fingerprint density at radius 1 is 1.30 bits per heavy atom. The number of thioether (sulfide) groups is 1. The van der Waals surface area contributed by atoms with Crippen molar-refractivity contribution in [1.29, 1.82) is 0 Å². The maximum atomic E-state index is 12.1. The lowest BCUT2D eigenvalue weighted by Crippen LogP contribution is -2.15. The summed E-state index contributed by atoms with van der Waals surface area (Å²) in [6.45, 7) is 0. The van der Waals surface area contributed by atoms with Crippen molar-refractivity contribution < 1.29 is 0 Å². The topological polar surface area (TPSA) is 34.4 Å². The highest BCUT2D eigenvalue weighted by molar-refractivity contribution is 9.10. The normalized spacial score (nSPS) is 16.6. The van der Waals surface area contributed by atoms with Crippen LogP contribution < -0.4 is 5.56 Å². The first-order valence-corrected chi connectivity index (χ1v) is 8.86. The Kier molecular flexibility index (Phi) is 4.46. The Balaban J connectivity index is 1.78. The lowest BCUT2D eigenvalue weighted by Gasteiger charge is -2.20. The van der Waals surface area contributed by atoms with Crippen molar-refractivity contribution in [2.24, 2.45) is 0 Å². The molecule has 20 heavy (non-hydrogen) atoms. The Morgan fingerprint density at radius 3 is 2.90 bits per heavy atom. The van der Waals surface area contributed by atoms with Crippen molar-refractivity contribution in [3.63, 3.8) is 0 Å². The van der Waals surface area contributed by atoms with Crippen molar-refractivity contribution in [2.45, 2.75) is 43.1 Å². The fourth-order valence-corrected chi connectivity index (χ4v) is 4.19. The second-order valence-corrected chi connectivity index (χ2v) is 7.44. The number of nitrogens with zero attached hydrogens (tertiary/aromatic N) is 2. The zero-order valence-electron chi connectivity index (χ0n) is 11.2. The van der Waals surface area contributed by atoms with Gasteiger partial charge < -0.3 is 0 Å². The summed E-state index contributed by atoms with van der Waals surface area (Å²) in [6.07, 6.45) is 8.46. The number of hydrogen-bond acceptors (Lipinski definition) is 3. The molecular weight excluding hydrogens is 336 g/mol. The van der Waals surface area contributed by atoms with Crippen molar-refractivity contribution in [3.05, 3.63) is 44.9 Å². The van der Waals surface area contributed by atoms with Gasteiger partial charge >= 0.3 is 0 Å². The molecular formula is C15H17BrN2OS. The van der Waals surface area contributed by atoms with Crippen LogP contribution in [0.3, 0.4) is 0 Å². The van der Waals surface area contributed by atoms with Gasteiger partial charge in [0.05, 0.1) is 5.69 Å². The molecule has 0 unspecified atom stereocenters. The summed E-state index contributed by atoms with van der Waals surface area (Å²) in [7, 11) is 0. The van der Waals surface area contributed by atoms with Crippen LogP contribution in [0.4, 0.5) is 0 Å². The maximum Gasteiger partial charge on any atom is 0.258 e. The third-order valence-electron chi connectivity index (χ3n) is 3.70. The molecule has 0 radical (unpaired) electrons. The van der Waals surface area contributed by atoms with E-state index in [2.05, 4.69) is 20.9 Å². The van der Waals surface area contributed by atoms with Crippen LogP contribution >= 0.6 is 27.7 Å². The predicted octanol–water partition coefficient (Wildman–Crippen LogP) is 4.02. The van der Waals surface area contributed by atoms with Crippen LogP contribution in [0.15, 0.2) is 33.7 Å². The SMILES string of the molecule is O=c1cc(CSC2CCCCC2)nc2ccc(Br)cn12. The molecule has 3 nitrogen and oxygen atoms in total. The molecule has 5 heteroatoms. The van der Waals surface area contributed by atoms with Gasteiger partial charge in [-0.25, -0.2) is 4.98 Å². The Morgan fingerprint density at radius 2 is 2.10 bits per heavy atom. The van der Waals surface area contributed by atoms with E-state index in [1.54, 1.807) is 16.7 Å². The van der Waals surface area contributed by atoms with Gasteiger partial charge in [0.1, 0.15) is 5.65 Å². The van der Waals surface area contributed by atoms with Crippen LogP contribution in [0, 0.1) is 0 Å². The molecule has 2 aromatic rings. The van der Waals surface area contributed by atoms with Crippen LogP contribution in [0.5, 0.6) is 0 Å². The molecule has 0 saturated heterocycles. The first-order chi connectivity index (χ1) is 9.72. The average molecular weight is 353 g/mol. The van der Waals surface area contributed by atoms with E-state index in [9.17, 15) is 4.79 Å². The Labute approximate surface area is 130 Å². The molecule has 1 aliphatic rings. The minimum absolute atomic E-state index is 0.00413. The van der Waals surface area contributed by atoms with E-state index in [0.717, 1.165) is 26.8 Å². The second kappa shape index (κ2) is 6.31. The van der Waals surface area contributed by atoms with Crippen LogP contribution in [0.25, 0.3) is 5.65 Å². The summed E-state index contributed by atoms with van der Waals surface area (Å²) >= 11 is 5.33. The smallest absolute Gasteiger partial charge is 0.258 e. The highest BCUT2D eigenvalue weighted by Gasteiger charge is 2.14. The zero-order valence-corrected chi connectivity index (χ0v) is 13.6. The van der Waals surface area contributed by atoms with Gasteiger partial charge in [0.15, 0.2) is 0 Å². The molecule has 0 aliphatic heterocycles. The van der Waals surface area contributed by atoms with Crippen molar-refractivity contribution in [2.75, 3.05) is 0 Å². The summed E-state index contributed by atoms with van der Waals surface area (Å²) in [5.41, 5.74) is 1.61. The first kappa shape index (κ1) is 14.1. The van der Waals surface area contributed by atoms with Gasteiger partial charge in [-0.1, -0.05) is 19.3 Å². The highest BCUT2D eigenvalue weighted by atomic mass is 79.9. The molecule has 3 rings (SSSR count). The molecule has 2 aromatic heterocycles. The van der Waals surface area contributed by atoms with E-state index >= 15 is 0 Å². The number of rotatable bonds is 3. The predicted molar refractivity (Wildman–Crippen MR) is 87.3 cm³/mol. The summed E-state index contributed by atoms with van der Waals surface area (Å²) < 4.78 is 2.47. The summed E-state index contributed by atoms with van der Waals surface area (Å²) in [5.74, 6) is 0.840. The fraction of sp³-hybridized carbons (Fsp3) is 0.467. The Bertz CT molecular complexity index is 664. The number of fused-ring (bicyclic) bond motifs is 1. The van der Waals surface area contributed by atoms with E-state index in [-0.39, 0.29) is 5.56 Å². The molecule has 1 saturated carbocycles. The number of aromatic nitrogens is 2. The van der Waals surface area contributed by atoms with E-state index in [0.29, 0.717) is 0 Å². The molecule has 0 aromatic carbocycles. The number of pyridine rings is 1. The monoisotopic (exact) mass is 352 g/mol. The molecule has 0 bridgehead atoms. The maximum absolute atomic E-state index is 12.1. The van der Waals surface area contributed by atoms with Gasteiger partial charge in [0, 0.05) is 27.7 Å². The van der Waals surface area contributed by atoms with Crippen molar-refractivity contribution in [3.8, 4) is 0 Å². The molecule has 0 N–H and O–H groups in total. The number of halogens is 1. The molecule has 0 atom stereocenters. The minimum atomic E-state index is -0.00413. The van der Waals surface area contributed by atoms with Gasteiger partial charge in [0.25, 0.3) is 5.56 Å². The van der Waals surface area contributed by atoms with Crippen LogP contribution in [-0.4, -0.2) is 14.6 Å².